The van der Waals surface area contributed by atoms with Gasteiger partial charge in [0.05, 0.1) is 12.8 Å². The Balaban J connectivity index is 2.07. The van der Waals surface area contributed by atoms with Crippen LogP contribution in [0, 0.1) is 0 Å². The fourth-order valence-corrected chi connectivity index (χ4v) is 2.19. The lowest BCUT2D eigenvalue weighted by Gasteiger charge is -2.15. The second kappa shape index (κ2) is 8.02. The van der Waals surface area contributed by atoms with Crippen molar-refractivity contribution in [3.8, 4) is 5.75 Å². The molecule has 0 spiro atoms. The molecule has 0 amide bonds. The fourth-order valence-electron chi connectivity index (χ4n) is 2.19. The Kier molecular flexibility index (Phi) is 6.02. The molecular formula is C16H17F3N2O4. The fraction of sp³-hybridized carbons (Fsp3) is 0.375. The average molecular weight is 358 g/mol. The van der Waals surface area contributed by atoms with E-state index in [0.717, 1.165) is 11.8 Å². The van der Waals surface area contributed by atoms with Gasteiger partial charge in [0.1, 0.15) is 18.9 Å². The van der Waals surface area contributed by atoms with E-state index in [0.29, 0.717) is 11.3 Å². The van der Waals surface area contributed by atoms with Crippen LogP contribution in [-0.4, -0.2) is 40.2 Å². The maximum absolute atomic E-state index is 12.5. The number of methoxy groups -OCH3 is 1. The summed E-state index contributed by atoms with van der Waals surface area (Å²) in [5.74, 6) is -0.428. The van der Waals surface area contributed by atoms with Gasteiger partial charge in [-0.2, -0.15) is 18.3 Å². The Morgan fingerprint density at radius 1 is 1.32 bits per heavy atom. The minimum Gasteiger partial charge on any atom is -0.487 e. The average Bonchev–Trinajstić information content (AvgIpc) is 2.98. The molecule has 0 aliphatic heterocycles. The van der Waals surface area contributed by atoms with E-state index in [1.807, 2.05) is 0 Å². The van der Waals surface area contributed by atoms with E-state index in [1.165, 1.54) is 12.3 Å². The van der Waals surface area contributed by atoms with Crippen molar-refractivity contribution < 1.29 is 32.5 Å². The van der Waals surface area contributed by atoms with E-state index >= 15 is 0 Å². The highest BCUT2D eigenvalue weighted by Crippen LogP contribution is 2.22. The SMILES string of the molecule is COC(=O)[C@H](O)Cc1ccccc1OCc1ccnn1CC(F)(F)F. The highest BCUT2D eigenvalue weighted by atomic mass is 19.4. The lowest BCUT2D eigenvalue weighted by atomic mass is 10.1. The van der Waals surface area contributed by atoms with Crippen LogP contribution in [0.1, 0.15) is 11.3 Å². The number of ether oxygens (including phenoxy) is 2. The number of aliphatic hydroxyl groups excluding tert-OH is 1. The van der Waals surface area contributed by atoms with Crippen molar-refractivity contribution in [3.05, 3.63) is 47.8 Å². The van der Waals surface area contributed by atoms with Gasteiger partial charge in [-0.05, 0) is 17.7 Å². The van der Waals surface area contributed by atoms with Crippen LogP contribution in [0.15, 0.2) is 36.5 Å². The smallest absolute Gasteiger partial charge is 0.408 e. The molecule has 1 atom stereocenters. The third-order valence-electron chi connectivity index (χ3n) is 3.37. The molecule has 1 heterocycles. The molecule has 2 rings (SSSR count). The van der Waals surface area contributed by atoms with Crippen LogP contribution in [0.2, 0.25) is 0 Å². The summed E-state index contributed by atoms with van der Waals surface area (Å²) in [4.78, 5) is 11.3. The van der Waals surface area contributed by atoms with Crippen LogP contribution in [0.3, 0.4) is 0 Å². The van der Waals surface area contributed by atoms with E-state index in [2.05, 4.69) is 9.84 Å². The molecule has 1 aromatic carbocycles. The molecule has 25 heavy (non-hydrogen) atoms. The van der Waals surface area contributed by atoms with Crippen molar-refractivity contribution in [1.82, 2.24) is 9.78 Å². The zero-order chi connectivity index (χ0) is 18.4. The van der Waals surface area contributed by atoms with E-state index in [9.17, 15) is 23.1 Å². The molecule has 136 valence electrons. The van der Waals surface area contributed by atoms with Crippen LogP contribution in [-0.2, 0) is 29.1 Å². The van der Waals surface area contributed by atoms with Crippen molar-refractivity contribution in [1.29, 1.82) is 0 Å². The summed E-state index contributed by atoms with van der Waals surface area (Å²) in [6, 6.07) is 8.05. The number of para-hydroxylation sites is 1. The lowest BCUT2D eigenvalue weighted by Crippen LogP contribution is -2.24. The number of nitrogens with zero attached hydrogens (tertiary/aromatic N) is 2. The number of alkyl halides is 3. The van der Waals surface area contributed by atoms with Gasteiger partial charge >= 0.3 is 12.1 Å². The van der Waals surface area contributed by atoms with Crippen molar-refractivity contribution in [2.24, 2.45) is 0 Å². The van der Waals surface area contributed by atoms with Crippen LogP contribution < -0.4 is 4.74 Å². The normalized spacial score (nSPS) is 12.7. The van der Waals surface area contributed by atoms with Crippen molar-refractivity contribution in [2.75, 3.05) is 7.11 Å². The van der Waals surface area contributed by atoms with Gasteiger partial charge in [-0.25, -0.2) is 4.79 Å². The first-order valence-electron chi connectivity index (χ1n) is 7.34. The molecule has 0 saturated heterocycles. The predicted octanol–water partition coefficient (Wildman–Crippen LogP) is 2.10. The molecule has 0 aliphatic carbocycles. The third kappa shape index (κ3) is 5.49. The van der Waals surface area contributed by atoms with Gasteiger partial charge in [-0.3, -0.25) is 4.68 Å². The number of hydrogen-bond donors (Lipinski definition) is 1. The number of esters is 1. The maximum atomic E-state index is 12.5. The number of aromatic nitrogens is 2. The predicted molar refractivity (Wildman–Crippen MR) is 80.8 cm³/mol. The molecule has 1 aromatic heterocycles. The summed E-state index contributed by atoms with van der Waals surface area (Å²) in [5, 5.41) is 13.4. The zero-order valence-electron chi connectivity index (χ0n) is 13.4. The van der Waals surface area contributed by atoms with Crippen molar-refractivity contribution in [2.45, 2.75) is 31.9 Å². The Bertz CT molecular complexity index is 715. The Labute approximate surface area is 141 Å². The van der Waals surface area contributed by atoms with Gasteiger partial charge in [-0.15, -0.1) is 0 Å². The Hall–Kier alpha value is -2.55. The first-order chi connectivity index (χ1) is 11.8. The number of rotatable bonds is 7. The molecule has 0 bridgehead atoms. The molecular weight excluding hydrogens is 341 g/mol. The van der Waals surface area contributed by atoms with Crippen LogP contribution in [0.4, 0.5) is 13.2 Å². The number of halogens is 3. The van der Waals surface area contributed by atoms with E-state index in [4.69, 9.17) is 4.74 Å². The molecule has 0 aliphatic rings. The summed E-state index contributed by atoms with van der Waals surface area (Å²) in [5.41, 5.74) is 0.780. The van der Waals surface area contributed by atoms with Gasteiger partial charge in [0.15, 0.2) is 6.10 Å². The number of carbonyl (C=O) groups is 1. The monoisotopic (exact) mass is 358 g/mol. The van der Waals surface area contributed by atoms with E-state index in [1.54, 1.807) is 24.3 Å². The summed E-state index contributed by atoms with van der Waals surface area (Å²) < 4.78 is 48.3. The molecule has 2 aromatic rings. The quantitative estimate of drug-likeness (QED) is 0.768. The zero-order valence-corrected chi connectivity index (χ0v) is 13.4. The van der Waals surface area contributed by atoms with Crippen LogP contribution >= 0.6 is 0 Å². The molecule has 0 fully saturated rings. The summed E-state index contributed by atoms with van der Waals surface area (Å²) in [7, 11) is 1.16. The highest BCUT2D eigenvalue weighted by Gasteiger charge is 2.29. The second-order valence-electron chi connectivity index (χ2n) is 5.23. The van der Waals surface area contributed by atoms with Gasteiger partial charge in [0.25, 0.3) is 0 Å². The number of hydrogen-bond acceptors (Lipinski definition) is 5. The van der Waals surface area contributed by atoms with Crippen LogP contribution in [0.25, 0.3) is 0 Å². The minimum absolute atomic E-state index is 0.0370. The molecule has 0 saturated carbocycles. The van der Waals surface area contributed by atoms with Gasteiger partial charge in [-0.1, -0.05) is 18.2 Å². The third-order valence-corrected chi connectivity index (χ3v) is 3.37. The molecule has 0 unspecified atom stereocenters. The maximum Gasteiger partial charge on any atom is 0.408 e. The van der Waals surface area contributed by atoms with E-state index in [-0.39, 0.29) is 18.7 Å². The summed E-state index contributed by atoms with van der Waals surface area (Å²) in [6.07, 6.45) is -4.52. The van der Waals surface area contributed by atoms with Gasteiger partial charge in [0.2, 0.25) is 0 Å². The molecule has 0 radical (unpaired) electrons. The molecule has 9 heteroatoms. The standard InChI is InChI=1S/C16H17F3N2O4/c1-24-15(23)13(22)8-11-4-2-3-5-14(11)25-9-12-6-7-20-21(12)10-16(17,18)19/h2-7,13,22H,8-10H2,1H3/t13-/m1/s1. The first-order valence-corrected chi connectivity index (χ1v) is 7.34. The van der Waals surface area contributed by atoms with Crippen molar-refractivity contribution >= 4 is 5.97 Å². The lowest BCUT2D eigenvalue weighted by molar-refractivity contribution is -0.150. The van der Waals surface area contributed by atoms with Crippen molar-refractivity contribution in [3.63, 3.8) is 0 Å². The van der Waals surface area contributed by atoms with Gasteiger partial charge in [0, 0.05) is 12.6 Å². The Morgan fingerprint density at radius 2 is 2.04 bits per heavy atom. The largest absolute Gasteiger partial charge is 0.487 e. The topological polar surface area (TPSA) is 73.6 Å². The second-order valence-corrected chi connectivity index (χ2v) is 5.23. The molecule has 1 N–H and O–H groups in total. The van der Waals surface area contributed by atoms with Crippen LogP contribution in [0.5, 0.6) is 5.75 Å². The minimum atomic E-state index is -4.39. The first kappa shape index (κ1) is 18.8. The van der Waals surface area contributed by atoms with Gasteiger partial charge < -0.3 is 14.6 Å². The van der Waals surface area contributed by atoms with E-state index < -0.39 is 24.8 Å². The Morgan fingerprint density at radius 3 is 2.72 bits per heavy atom. The molecule has 6 nitrogen and oxygen atoms in total. The number of carbonyl (C=O) groups excluding carboxylic acids is 1. The summed E-state index contributed by atoms with van der Waals surface area (Å²) >= 11 is 0. The summed E-state index contributed by atoms with van der Waals surface area (Å²) in [6.45, 7) is -1.34. The number of aliphatic hydroxyl groups is 1. The highest BCUT2D eigenvalue weighted by molar-refractivity contribution is 5.74. The number of benzene rings is 1.